The number of fused-ring (bicyclic) bond motifs is 1. The molecule has 6 heteroatoms. The summed E-state index contributed by atoms with van der Waals surface area (Å²) >= 11 is 6.91. The van der Waals surface area contributed by atoms with Crippen LogP contribution in [0.15, 0.2) is 16.6 Å². The number of ether oxygens (including phenoxy) is 3. The zero-order valence-electron chi connectivity index (χ0n) is 9.91. The van der Waals surface area contributed by atoms with Gasteiger partial charge in [0.2, 0.25) is 6.79 Å². The van der Waals surface area contributed by atoms with Gasteiger partial charge in [0.15, 0.2) is 11.5 Å². The lowest BCUT2D eigenvalue weighted by Gasteiger charge is -2.21. The first-order valence-electron chi connectivity index (χ1n) is 5.39. The van der Waals surface area contributed by atoms with Crippen LogP contribution in [0.5, 0.6) is 11.5 Å². The number of hydrogen-bond donors (Lipinski definition) is 0. The number of benzene rings is 1. The molecule has 0 bridgehead atoms. The van der Waals surface area contributed by atoms with Gasteiger partial charge < -0.3 is 14.2 Å². The molecule has 0 amide bonds. The summed E-state index contributed by atoms with van der Waals surface area (Å²) < 4.78 is 16.8. The summed E-state index contributed by atoms with van der Waals surface area (Å²) in [6.07, 6.45) is -0.383. The fourth-order valence-electron chi connectivity index (χ4n) is 1.73. The van der Waals surface area contributed by atoms with E-state index in [4.69, 9.17) is 14.2 Å². The summed E-state index contributed by atoms with van der Waals surface area (Å²) in [4.78, 5) is 11.1. The molecule has 0 aromatic heterocycles. The molecule has 0 saturated carbocycles. The molecule has 1 aromatic carbocycles. The van der Waals surface area contributed by atoms with Crippen molar-refractivity contribution >= 4 is 37.8 Å². The summed E-state index contributed by atoms with van der Waals surface area (Å²) in [7, 11) is 0. The van der Waals surface area contributed by atoms with Crippen molar-refractivity contribution in [2.75, 3.05) is 6.79 Å². The molecule has 98 valence electrons. The minimum absolute atomic E-state index is 0.0157. The standard InChI is InChI=1S/C12H12Br2O4/c1-6(13)12(18-7(2)15)8-3-10-11(4-9(8)14)17-5-16-10/h3-4,6,12H,5H2,1-2H3/t6-,12-/m1/s1. The van der Waals surface area contributed by atoms with Crippen LogP contribution in [0.1, 0.15) is 25.5 Å². The molecule has 1 heterocycles. The van der Waals surface area contributed by atoms with E-state index in [-0.39, 0.29) is 23.7 Å². The van der Waals surface area contributed by atoms with Gasteiger partial charge in [0.1, 0.15) is 6.10 Å². The quantitative estimate of drug-likeness (QED) is 0.594. The monoisotopic (exact) mass is 378 g/mol. The highest BCUT2D eigenvalue weighted by molar-refractivity contribution is 9.10. The Bertz CT molecular complexity index is 473. The third-order valence-electron chi connectivity index (χ3n) is 2.51. The maximum absolute atomic E-state index is 11.2. The Morgan fingerprint density at radius 2 is 2.00 bits per heavy atom. The molecule has 0 spiro atoms. The van der Waals surface area contributed by atoms with Crippen LogP contribution in [0.25, 0.3) is 0 Å². The van der Waals surface area contributed by atoms with Crippen LogP contribution in [0.3, 0.4) is 0 Å². The number of carbonyl (C=O) groups excluding carboxylic acids is 1. The van der Waals surface area contributed by atoms with E-state index >= 15 is 0 Å². The molecule has 2 atom stereocenters. The molecule has 0 N–H and O–H groups in total. The third-order valence-corrected chi connectivity index (χ3v) is 3.68. The average molecular weight is 380 g/mol. The van der Waals surface area contributed by atoms with Gasteiger partial charge in [-0.05, 0) is 19.1 Å². The average Bonchev–Trinajstić information content (AvgIpc) is 2.71. The number of rotatable bonds is 3. The molecule has 0 saturated heterocycles. The Hall–Kier alpha value is -0.750. The number of carbonyl (C=O) groups is 1. The van der Waals surface area contributed by atoms with Crippen LogP contribution in [0.2, 0.25) is 0 Å². The number of halogens is 2. The highest BCUT2D eigenvalue weighted by Crippen LogP contribution is 2.41. The molecule has 0 fully saturated rings. The van der Waals surface area contributed by atoms with Gasteiger partial charge in [0.25, 0.3) is 0 Å². The minimum Gasteiger partial charge on any atom is -0.456 e. The van der Waals surface area contributed by atoms with Crippen molar-refractivity contribution in [3.63, 3.8) is 0 Å². The highest BCUT2D eigenvalue weighted by atomic mass is 79.9. The van der Waals surface area contributed by atoms with Gasteiger partial charge in [0.05, 0.1) is 4.83 Å². The molecule has 0 unspecified atom stereocenters. The van der Waals surface area contributed by atoms with Crippen molar-refractivity contribution in [3.05, 3.63) is 22.2 Å². The molecule has 0 radical (unpaired) electrons. The van der Waals surface area contributed by atoms with Gasteiger partial charge in [-0.3, -0.25) is 4.79 Å². The predicted octanol–water partition coefficient (Wildman–Crippen LogP) is 3.57. The molecule has 1 aromatic rings. The second-order valence-electron chi connectivity index (χ2n) is 3.93. The summed E-state index contributed by atoms with van der Waals surface area (Å²) in [6.45, 7) is 3.53. The molecule has 1 aliphatic heterocycles. The summed E-state index contributed by atoms with van der Waals surface area (Å²) in [5, 5.41) is 0. The van der Waals surface area contributed by atoms with E-state index in [9.17, 15) is 4.79 Å². The normalized spacial score (nSPS) is 16.2. The van der Waals surface area contributed by atoms with E-state index < -0.39 is 0 Å². The zero-order chi connectivity index (χ0) is 13.3. The van der Waals surface area contributed by atoms with Crippen LogP contribution in [-0.2, 0) is 9.53 Å². The predicted molar refractivity (Wildman–Crippen MR) is 73.2 cm³/mol. The van der Waals surface area contributed by atoms with E-state index in [0.29, 0.717) is 11.5 Å². The van der Waals surface area contributed by atoms with Crippen LogP contribution < -0.4 is 9.47 Å². The molecule has 2 rings (SSSR count). The first-order chi connectivity index (χ1) is 8.49. The molecule has 0 aliphatic carbocycles. The van der Waals surface area contributed by atoms with E-state index in [2.05, 4.69) is 31.9 Å². The maximum atomic E-state index is 11.2. The Kier molecular flexibility index (Phi) is 4.17. The van der Waals surface area contributed by atoms with Crippen molar-refractivity contribution in [1.29, 1.82) is 0 Å². The van der Waals surface area contributed by atoms with Gasteiger partial charge in [-0.1, -0.05) is 31.9 Å². The van der Waals surface area contributed by atoms with Gasteiger partial charge in [-0.2, -0.15) is 0 Å². The van der Waals surface area contributed by atoms with Crippen LogP contribution in [0, 0.1) is 0 Å². The largest absolute Gasteiger partial charge is 0.456 e. The van der Waals surface area contributed by atoms with Crippen molar-refractivity contribution in [1.82, 2.24) is 0 Å². The van der Waals surface area contributed by atoms with Crippen molar-refractivity contribution in [2.24, 2.45) is 0 Å². The van der Waals surface area contributed by atoms with E-state index in [0.717, 1.165) is 10.0 Å². The first kappa shape index (κ1) is 13.7. The zero-order valence-corrected chi connectivity index (χ0v) is 13.1. The van der Waals surface area contributed by atoms with E-state index in [1.165, 1.54) is 6.92 Å². The Morgan fingerprint density at radius 3 is 2.56 bits per heavy atom. The Balaban J connectivity index is 2.38. The first-order valence-corrected chi connectivity index (χ1v) is 7.10. The van der Waals surface area contributed by atoms with Crippen LogP contribution >= 0.6 is 31.9 Å². The minimum atomic E-state index is -0.383. The van der Waals surface area contributed by atoms with Crippen molar-refractivity contribution in [2.45, 2.75) is 24.8 Å². The molecular weight excluding hydrogens is 368 g/mol. The summed E-state index contributed by atoms with van der Waals surface area (Å²) in [5.41, 5.74) is 0.846. The van der Waals surface area contributed by atoms with Gasteiger partial charge in [-0.25, -0.2) is 0 Å². The second-order valence-corrected chi connectivity index (χ2v) is 6.23. The smallest absolute Gasteiger partial charge is 0.303 e. The fraction of sp³-hybridized carbons (Fsp3) is 0.417. The maximum Gasteiger partial charge on any atom is 0.303 e. The van der Waals surface area contributed by atoms with Gasteiger partial charge in [-0.15, -0.1) is 0 Å². The van der Waals surface area contributed by atoms with Gasteiger partial charge >= 0.3 is 5.97 Å². The Morgan fingerprint density at radius 1 is 1.39 bits per heavy atom. The van der Waals surface area contributed by atoms with Crippen molar-refractivity contribution in [3.8, 4) is 11.5 Å². The van der Waals surface area contributed by atoms with Crippen LogP contribution in [-0.4, -0.2) is 17.6 Å². The SMILES string of the molecule is CC(=O)O[C@@H](c1cc2c(cc1Br)OCO2)[C@@H](C)Br. The molecule has 18 heavy (non-hydrogen) atoms. The van der Waals surface area contributed by atoms with Crippen molar-refractivity contribution < 1.29 is 19.0 Å². The third kappa shape index (κ3) is 2.80. The van der Waals surface area contributed by atoms with Crippen LogP contribution in [0.4, 0.5) is 0 Å². The highest BCUT2D eigenvalue weighted by Gasteiger charge is 2.26. The molecule has 4 nitrogen and oxygen atoms in total. The summed E-state index contributed by atoms with van der Waals surface area (Å²) in [6, 6.07) is 3.65. The molecular formula is C12H12Br2O4. The number of alkyl halides is 1. The lowest BCUT2D eigenvalue weighted by Crippen LogP contribution is -2.16. The lowest BCUT2D eigenvalue weighted by molar-refractivity contribution is -0.146. The van der Waals surface area contributed by atoms with E-state index in [1.807, 2.05) is 19.1 Å². The summed E-state index contributed by atoms with van der Waals surface area (Å²) in [5.74, 6) is 1.03. The number of esters is 1. The lowest BCUT2D eigenvalue weighted by atomic mass is 10.1. The Labute approximate surface area is 122 Å². The molecule has 1 aliphatic rings. The number of hydrogen-bond acceptors (Lipinski definition) is 4. The van der Waals surface area contributed by atoms with E-state index in [1.54, 1.807) is 0 Å². The second kappa shape index (κ2) is 5.48. The topological polar surface area (TPSA) is 44.8 Å². The van der Waals surface area contributed by atoms with Gasteiger partial charge in [0, 0.05) is 17.0 Å². The fourth-order valence-corrected chi connectivity index (χ4v) is 2.68.